The van der Waals surface area contributed by atoms with Crippen LogP contribution < -0.4 is 0 Å². The maximum Gasteiger partial charge on any atom is 0.130 e. The predicted molar refractivity (Wildman–Crippen MR) is 59.6 cm³/mol. The molecule has 1 aromatic heterocycles. The number of aromatic amines is 1. The van der Waals surface area contributed by atoms with E-state index in [1.807, 2.05) is 18.2 Å². The second-order valence-corrected chi connectivity index (χ2v) is 3.53. The summed E-state index contributed by atoms with van der Waals surface area (Å²) in [6.45, 7) is 2.08. The van der Waals surface area contributed by atoms with Crippen LogP contribution in [0.3, 0.4) is 0 Å². The van der Waals surface area contributed by atoms with E-state index in [-0.39, 0.29) is 0 Å². The highest BCUT2D eigenvalue weighted by Gasteiger charge is 1.99. The lowest BCUT2D eigenvalue weighted by atomic mass is 10.1. The Morgan fingerprint density at radius 3 is 2.79 bits per heavy atom. The predicted octanol–water partition coefficient (Wildman–Crippen LogP) is 3.11. The van der Waals surface area contributed by atoms with Gasteiger partial charge in [0.05, 0.1) is 6.33 Å². The van der Waals surface area contributed by atoms with Gasteiger partial charge in [-0.1, -0.05) is 36.5 Å². The zero-order valence-corrected chi connectivity index (χ0v) is 8.64. The lowest BCUT2D eigenvalue weighted by Gasteiger charge is -2.04. The number of benzene rings is 1. The Hall–Kier alpha value is -1.48. The van der Waals surface area contributed by atoms with Gasteiger partial charge in [-0.2, -0.15) is 0 Å². The van der Waals surface area contributed by atoms with Crippen LogP contribution in [0, 0.1) is 11.6 Å². The molecule has 0 aliphatic carbocycles. The molecule has 14 heavy (non-hydrogen) atoms. The molecule has 3 heteroatoms. The summed E-state index contributed by atoms with van der Waals surface area (Å²) >= 11 is 5.01. The molecule has 2 rings (SSSR count). The molecule has 2 nitrogen and oxygen atoms in total. The fraction of sp³-hybridized carbons (Fsp3) is 0.0909. The molecule has 0 unspecified atom stereocenters. The molecule has 0 aliphatic heterocycles. The molecule has 1 heterocycles. The number of aromatic nitrogens is 2. The number of nitrogens with one attached hydrogen (secondary N) is 1. The van der Waals surface area contributed by atoms with E-state index < -0.39 is 0 Å². The van der Waals surface area contributed by atoms with Crippen LogP contribution in [0.15, 0.2) is 36.7 Å². The fourth-order valence-electron chi connectivity index (χ4n) is 1.40. The Morgan fingerprint density at radius 1 is 1.29 bits per heavy atom. The Labute approximate surface area is 87.7 Å². The highest BCUT2D eigenvalue weighted by molar-refractivity contribution is 7.71. The largest absolute Gasteiger partial charge is 0.346 e. The van der Waals surface area contributed by atoms with Crippen molar-refractivity contribution < 1.29 is 0 Å². The number of hydrogen-bond acceptors (Lipinski definition) is 2. The quantitative estimate of drug-likeness (QED) is 0.720. The lowest BCUT2D eigenvalue weighted by molar-refractivity contribution is 1.15. The van der Waals surface area contributed by atoms with Crippen molar-refractivity contribution in [3.8, 4) is 11.3 Å². The van der Waals surface area contributed by atoms with Crippen LogP contribution in [0.25, 0.3) is 11.3 Å². The highest BCUT2D eigenvalue weighted by atomic mass is 32.1. The number of H-pyrrole nitrogens is 1. The summed E-state index contributed by atoms with van der Waals surface area (Å²) in [6.07, 6.45) is 1.63. The summed E-state index contributed by atoms with van der Waals surface area (Å²) in [4.78, 5) is 7.04. The third kappa shape index (κ3) is 1.72. The van der Waals surface area contributed by atoms with Crippen molar-refractivity contribution in [2.45, 2.75) is 6.92 Å². The Balaban J connectivity index is 2.61. The van der Waals surface area contributed by atoms with Gasteiger partial charge < -0.3 is 4.98 Å². The van der Waals surface area contributed by atoms with Gasteiger partial charge in [-0.05, 0) is 18.6 Å². The first-order chi connectivity index (χ1) is 6.77. The van der Waals surface area contributed by atoms with Crippen LogP contribution in [-0.4, -0.2) is 9.97 Å². The van der Waals surface area contributed by atoms with Crippen molar-refractivity contribution >= 4 is 12.2 Å². The van der Waals surface area contributed by atoms with E-state index in [9.17, 15) is 0 Å². The maximum atomic E-state index is 5.01. The standard InChI is InChI=1S/C11H10N2S/c1-8-4-2-3-5-9(8)10-6-11(14)13-7-12-10/h2-7H,1H3,(H,12,13,14). The number of nitrogens with zero attached hydrogens (tertiary/aromatic N) is 1. The summed E-state index contributed by atoms with van der Waals surface area (Å²) in [7, 11) is 0. The minimum absolute atomic E-state index is 0.613. The zero-order valence-electron chi connectivity index (χ0n) is 7.82. The van der Waals surface area contributed by atoms with E-state index in [1.54, 1.807) is 6.33 Å². The minimum atomic E-state index is 0.613. The molecule has 0 amide bonds. The molecule has 0 spiro atoms. The van der Waals surface area contributed by atoms with Crippen molar-refractivity contribution in [2.24, 2.45) is 0 Å². The normalized spacial score (nSPS) is 10.1. The summed E-state index contributed by atoms with van der Waals surface area (Å²) in [6, 6.07) is 10.1. The molecule has 1 aromatic carbocycles. The SMILES string of the molecule is Cc1ccccc1-c1cc(=S)nc[nH]1. The monoisotopic (exact) mass is 202 g/mol. The van der Waals surface area contributed by atoms with Gasteiger partial charge in [0, 0.05) is 11.3 Å². The molecule has 0 fully saturated rings. The van der Waals surface area contributed by atoms with Crippen molar-refractivity contribution in [3.63, 3.8) is 0 Å². The van der Waals surface area contributed by atoms with Crippen LogP contribution in [0.4, 0.5) is 0 Å². The Bertz CT molecular complexity index is 502. The molecule has 70 valence electrons. The third-order valence-corrected chi connectivity index (χ3v) is 2.34. The van der Waals surface area contributed by atoms with Crippen molar-refractivity contribution in [3.05, 3.63) is 46.9 Å². The second-order valence-electron chi connectivity index (χ2n) is 3.11. The second kappa shape index (κ2) is 3.72. The summed E-state index contributed by atoms with van der Waals surface area (Å²) in [5, 5.41) is 0. The summed E-state index contributed by atoms with van der Waals surface area (Å²) in [5.41, 5.74) is 3.41. The van der Waals surface area contributed by atoms with E-state index in [0.29, 0.717) is 4.64 Å². The lowest BCUT2D eigenvalue weighted by Crippen LogP contribution is -1.87. The van der Waals surface area contributed by atoms with Crippen LogP contribution in [0.5, 0.6) is 0 Å². The first-order valence-electron chi connectivity index (χ1n) is 4.38. The molecule has 0 bridgehead atoms. The molecule has 0 radical (unpaired) electrons. The molecule has 0 saturated heterocycles. The van der Waals surface area contributed by atoms with Crippen LogP contribution in [-0.2, 0) is 0 Å². The Morgan fingerprint density at radius 2 is 2.07 bits per heavy atom. The number of aryl methyl sites for hydroxylation is 1. The minimum Gasteiger partial charge on any atom is -0.346 e. The van der Waals surface area contributed by atoms with Crippen molar-refractivity contribution in [2.75, 3.05) is 0 Å². The van der Waals surface area contributed by atoms with Gasteiger partial charge in [0.15, 0.2) is 0 Å². The highest BCUT2D eigenvalue weighted by Crippen LogP contribution is 2.19. The van der Waals surface area contributed by atoms with Gasteiger partial charge in [-0.25, -0.2) is 4.98 Å². The molecular formula is C11H10N2S. The Kier molecular flexibility index (Phi) is 2.41. The van der Waals surface area contributed by atoms with E-state index >= 15 is 0 Å². The van der Waals surface area contributed by atoms with Gasteiger partial charge >= 0.3 is 0 Å². The topological polar surface area (TPSA) is 28.7 Å². The van der Waals surface area contributed by atoms with Gasteiger partial charge in [-0.3, -0.25) is 0 Å². The molecule has 0 aliphatic rings. The van der Waals surface area contributed by atoms with E-state index in [0.717, 1.165) is 5.69 Å². The van der Waals surface area contributed by atoms with E-state index in [1.165, 1.54) is 11.1 Å². The smallest absolute Gasteiger partial charge is 0.130 e. The van der Waals surface area contributed by atoms with Crippen LogP contribution in [0.2, 0.25) is 0 Å². The van der Waals surface area contributed by atoms with E-state index in [4.69, 9.17) is 12.2 Å². The maximum absolute atomic E-state index is 5.01. The molecule has 2 aromatic rings. The van der Waals surface area contributed by atoms with Gasteiger partial charge in [0.1, 0.15) is 4.64 Å². The average molecular weight is 202 g/mol. The van der Waals surface area contributed by atoms with Crippen LogP contribution >= 0.6 is 12.2 Å². The molecule has 0 saturated carbocycles. The van der Waals surface area contributed by atoms with E-state index in [2.05, 4.69) is 29.0 Å². The van der Waals surface area contributed by atoms with Gasteiger partial charge in [-0.15, -0.1) is 0 Å². The average Bonchev–Trinajstić information content (AvgIpc) is 2.18. The molecule has 0 atom stereocenters. The fourth-order valence-corrected chi connectivity index (χ4v) is 1.57. The third-order valence-electron chi connectivity index (χ3n) is 2.11. The molecule has 1 N–H and O–H groups in total. The molecular weight excluding hydrogens is 192 g/mol. The number of hydrogen-bond donors (Lipinski definition) is 1. The van der Waals surface area contributed by atoms with Crippen LogP contribution in [0.1, 0.15) is 5.56 Å². The summed E-state index contributed by atoms with van der Waals surface area (Å²) in [5.74, 6) is 0. The van der Waals surface area contributed by atoms with Gasteiger partial charge in [0.25, 0.3) is 0 Å². The first-order valence-corrected chi connectivity index (χ1v) is 4.79. The van der Waals surface area contributed by atoms with Gasteiger partial charge in [0.2, 0.25) is 0 Å². The number of rotatable bonds is 1. The van der Waals surface area contributed by atoms with Crippen molar-refractivity contribution in [1.29, 1.82) is 0 Å². The van der Waals surface area contributed by atoms with Crippen molar-refractivity contribution in [1.82, 2.24) is 9.97 Å². The zero-order chi connectivity index (χ0) is 9.97. The first kappa shape index (κ1) is 9.09. The summed E-state index contributed by atoms with van der Waals surface area (Å²) < 4.78 is 0.613.